The first-order chi connectivity index (χ1) is 12.4. The van der Waals surface area contributed by atoms with E-state index in [1.165, 1.54) is 0 Å². The molecule has 1 saturated carbocycles. The van der Waals surface area contributed by atoms with Gasteiger partial charge >= 0.3 is 5.97 Å². The average molecular weight is 361 g/mol. The molecular formula is C20H27NO5. The van der Waals surface area contributed by atoms with Gasteiger partial charge in [0.15, 0.2) is 6.61 Å². The summed E-state index contributed by atoms with van der Waals surface area (Å²) in [6.45, 7) is 5.51. The quantitative estimate of drug-likeness (QED) is 0.770. The lowest BCUT2D eigenvalue weighted by Gasteiger charge is -2.17. The molecule has 1 saturated heterocycles. The van der Waals surface area contributed by atoms with Crippen LogP contribution in [0.15, 0.2) is 24.3 Å². The van der Waals surface area contributed by atoms with Crippen molar-refractivity contribution in [2.45, 2.75) is 26.7 Å². The number of benzene rings is 1. The van der Waals surface area contributed by atoms with Crippen LogP contribution in [0.2, 0.25) is 0 Å². The maximum Gasteiger partial charge on any atom is 0.308 e. The van der Waals surface area contributed by atoms with Gasteiger partial charge in [0.25, 0.3) is 5.91 Å². The molecule has 1 heterocycles. The van der Waals surface area contributed by atoms with Gasteiger partial charge in [-0.15, -0.1) is 0 Å². The molecular weight excluding hydrogens is 334 g/mol. The fraction of sp³-hybridized carbons (Fsp3) is 0.600. The van der Waals surface area contributed by atoms with Crippen LogP contribution in [0.4, 0.5) is 0 Å². The van der Waals surface area contributed by atoms with E-state index in [4.69, 9.17) is 9.47 Å². The molecule has 1 N–H and O–H groups in total. The van der Waals surface area contributed by atoms with Gasteiger partial charge in [0.1, 0.15) is 11.5 Å². The van der Waals surface area contributed by atoms with Crippen molar-refractivity contribution in [2.75, 3.05) is 26.3 Å². The molecule has 2 aliphatic rings. The first kappa shape index (κ1) is 18.5. The molecule has 0 spiro atoms. The Bertz CT molecular complexity index is 655. The van der Waals surface area contributed by atoms with Crippen molar-refractivity contribution in [1.82, 2.24) is 4.90 Å². The summed E-state index contributed by atoms with van der Waals surface area (Å²) < 4.78 is 11.3. The Morgan fingerprint density at radius 1 is 1.19 bits per heavy atom. The van der Waals surface area contributed by atoms with Crippen LogP contribution in [0.1, 0.15) is 26.7 Å². The summed E-state index contributed by atoms with van der Waals surface area (Å²) in [6, 6.07) is 7.24. The third kappa shape index (κ3) is 4.68. The summed E-state index contributed by atoms with van der Waals surface area (Å²) in [5, 5.41) is 9.40. The van der Waals surface area contributed by atoms with E-state index in [1.807, 2.05) is 12.1 Å². The number of rotatable bonds is 8. The van der Waals surface area contributed by atoms with Crippen LogP contribution in [-0.2, 0) is 9.59 Å². The third-order valence-electron chi connectivity index (χ3n) is 5.01. The molecule has 0 radical (unpaired) electrons. The summed E-state index contributed by atoms with van der Waals surface area (Å²) in [5.41, 5.74) is 0. The van der Waals surface area contributed by atoms with Crippen molar-refractivity contribution in [1.29, 1.82) is 0 Å². The van der Waals surface area contributed by atoms with Crippen LogP contribution in [0.5, 0.6) is 11.5 Å². The lowest BCUT2D eigenvalue weighted by atomic mass is 9.92. The average Bonchev–Trinajstić information content (AvgIpc) is 3.36. The Hall–Kier alpha value is -2.24. The van der Waals surface area contributed by atoms with E-state index in [0.717, 1.165) is 12.8 Å². The van der Waals surface area contributed by atoms with Gasteiger partial charge < -0.3 is 19.5 Å². The Morgan fingerprint density at radius 2 is 1.88 bits per heavy atom. The smallest absolute Gasteiger partial charge is 0.308 e. The molecule has 1 amide bonds. The van der Waals surface area contributed by atoms with Crippen LogP contribution in [0, 0.1) is 23.7 Å². The normalized spacial score (nSPS) is 22.5. The topological polar surface area (TPSA) is 76.1 Å². The number of hydrogen-bond acceptors (Lipinski definition) is 4. The molecule has 0 aromatic heterocycles. The van der Waals surface area contributed by atoms with Crippen molar-refractivity contribution in [3.05, 3.63) is 24.3 Å². The van der Waals surface area contributed by atoms with Crippen LogP contribution in [-0.4, -0.2) is 48.2 Å². The number of amides is 1. The molecule has 2 fully saturated rings. The number of hydrogen-bond donors (Lipinski definition) is 1. The molecule has 142 valence electrons. The monoisotopic (exact) mass is 361 g/mol. The molecule has 1 aromatic carbocycles. The SMILES string of the molecule is CC(C)COc1cccc(OCC(=O)N2C[C@H](C(=O)O)[C@@H](C3CC3)C2)c1. The third-order valence-corrected chi connectivity index (χ3v) is 5.01. The molecule has 26 heavy (non-hydrogen) atoms. The maximum atomic E-state index is 12.5. The van der Waals surface area contributed by atoms with Gasteiger partial charge in [-0.3, -0.25) is 9.59 Å². The van der Waals surface area contributed by atoms with Gasteiger partial charge in [0.2, 0.25) is 0 Å². The minimum absolute atomic E-state index is 0.0860. The highest BCUT2D eigenvalue weighted by atomic mass is 16.5. The Labute approximate surface area is 154 Å². The van der Waals surface area contributed by atoms with E-state index < -0.39 is 11.9 Å². The van der Waals surface area contributed by atoms with E-state index in [9.17, 15) is 14.7 Å². The summed E-state index contributed by atoms with van der Waals surface area (Å²) >= 11 is 0. The summed E-state index contributed by atoms with van der Waals surface area (Å²) in [4.78, 5) is 25.5. The Balaban J connectivity index is 1.52. The van der Waals surface area contributed by atoms with Gasteiger partial charge in [-0.2, -0.15) is 0 Å². The molecule has 1 aliphatic carbocycles. The van der Waals surface area contributed by atoms with E-state index in [-0.39, 0.29) is 25.0 Å². The van der Waals surface area contributed by atoms with Crippen LogP contribution >= 0.6 is 0 Å². The fourth-order valence-corrected chi connectivity index (χ4v) is 3.45. The number of carbonyl (C=O) groups is 2. The predicted molar refractivity (Wildman–Crippen MR) is 96.2 cm³/mol. The molecule has 2 atom stereocenters. The first-order valence-electron chi connectivity index (χ1n) is 9.30. The first-order valence-corrected chi connectivity index (χ1v) is 9.30. The second kappa shape index (κ2) is 7.98. The second-order valence-electron chi connectivity index (χ2n) is 7.71. The number of carboxylic acid groups (broad SMARTS) is 1. The number of ether oxygens (including phenoxy) is 2. The minimum atomic E-state index is -0.798. The Morgan fingerprint density at radius 3 is 2.50 bits per heavy atom. The van der Waals surface area contributed by atoms with Crippen molar-refractivity contribution < 1.29 is 24.2 Å². The molecule has 1 aromatic rings. The zero-order chi connectivity index (χ0) is 18.7. The van der Waals surface area contributed by atoms with E-state index in [1.54, 1.807) is 17.0 Å². The summed E-state index contributed by atoms with van der Waals surface area (Å²) in [5.74, 6) is 0.865. The summed E-state index contributed by atoms with van der Waals surface area (Å²) in [7, 11) is 0. The standard InChI is InChI=1S/C20H27NO5/c1-13(2)11-25-15-4-3-5-16(8-15)26-12-19(22)21-9-17(14-6-7-14)18(10-21)20(23)24/h3-5,8,13-14,17-18H,6-7,9-12H2,1-2H3,(H,23,24)/t17-,18+/m1/s1. The van der Waals surface area contributed by atoms with Gasteiger partial charge in [0.05, 0.1) is 12.5 Å². The lowest BCUT2D eigenvalue weighted by Crippen LogP contribution is -2.33. The van der Waals surface area contributed by atoms with Crippen molar-refractivity contribution in [3.63, 3.8) is 0 Å². The van der Waals surface area contributed by atoms with Gasteiger partial charge in [0, 0.05) is 19.2 Å². The van der Waals surface area contributed by atoms with Gasteiger partial charge in [-0.1, -0.05) is 19.9 Å². The molecule has 6 nitrogen and oxygen atoms in total. The van der Waals surface area contributed by atoms with Crippen LogP contribution < -0.4 is 9.47 Å². The molecule has 6 heteroatoms. The van der Waals surface area contributed by atoms with Crippen molar-refractivity contribution >= 4 is 11.9 Å². The van der Waals surface area contributed by atoms with Crippen molar-refractivity contribution in [2.24, 2.45) is 23.7 Å². The highest BCUT2D eigenvalue weighted by Gasteiger charge is 2.46. The number of carboxylic acids is 1. The van der Waals surface area contributed by atoms with E-state index >= 15 is 0 Å². The molecule has 0 unspecified atom stereocenters. The molecule has 3 rings (SSSR count). The van der Waals surface area contributed by atoms with Gasteiger partial charge in [-0.25, -0.2) is 0 Å². The minimum Gasteiger partial charge on any atom is -0.493 e. The Kier molecular flexibility index (Phi) is 5.69. The van der Waals surface area contributed by atoms with Crippen LogP contribution in [0.3, 0.4) is 0 Å². The predicted octanol–water partition coefficient (Wildman–Crippen LogP) is 2.67. The zero-order valence-corrected chi connectivity index (χ0v) is 15.4. The van der Waals surface area contributed by atoms with E-state index in [2.05, 4.69) is 13.8 Å². The number of carbonyl (C=O) groups excluding carboxylic acids is 1. The zero-order valence-electron chi connectivity index (χ0n) is 15.4. The summed E-state index contributed by atoms with van der Waals surface area (Å²) in [6.07, 6.45) is 2.16. The molecule has 0 bridgehead atoms. The highest BCUT2D eigenvalue weighted by molar-refractivity contribution is 5.80. The van der Waals surface area contributed by atoms with Gasteiger partial charge in [-0.05, 0) is 42.7 Å². The van der Waals surface area contributed by atoms with Crippen molar-refractivity contribution in [3.8, 4) is 11.5 Å². The van der Waals surface area contributed by atoms with Crippen LogP contribution in [0.25, 0.3) is 0 Å². The maximum absolute atomic E-state index is 12.5. The van der Waals surface area contributed by atoms with E-state index in [0.29, 0.717) is 36.5 Å². The number of aliphatic carboxylic acids is 1. The number of likely N-dealkylation sites (tertiary alicyclic amines) is 1. The molecule has 1 aliphatic heterocycles. The largest absolute Gasteiger partial charge is 0.493 e. The highest BCUT2D eigenvalue weighted by Crippen LogP contribution is 2.44. The number of nitrogens with zero attached hydrogens (tertiary/aromatic N) is 1. The second-order valence-corrected chi connectivity index (χ2v) is 7.71. The fourth-order valence-electron chi connectivity index (χ4n) is 3.45. The lowest BCUT2D eigenvalue weighted by molar-refractivity contribution is -0.142.